The van der Waals surface area contributed by atoms with Crippen LogP contribution in [0.1, 0.15) is 45.0 Å². The summed E-state index contributed by atoms with van der Waals surface area (Å²) in [6.07, 6.45) is 4.98. The number of rotatable bonds is 6. The minimum Gasteiger partial charge on any atom is -0.504 e. The van der Waals surface area contributed by atoms with Crippen LogP contribution >= 0.6 is 0 Å². The molecule has 2 aromatic heterocycles. The Morgan fingerprint density at radius 2 is 2.00 bits per heavy atom. The van der Waals surface area contributed by atoms with Crippen molar-refractivity contribution in [2.45, 2.75) is 38.5 Å². The highest BCUT2D eigenvalue weighted by Gasteiger charge is 2.23. The molecule has 0 saturated carbocycles. The first-order valence-corrected chi connectivity index (χ1v) is 10.9. The van der Waals surface area contributed by atoms with Gasteiger partial charge in [-0.25, -0.2) is 13.3 Å². The average Bonchev–Trinajstić information content (AvgIpc) is 3.06. The largest absolute Gasteiger partial charge is 0.504 e. The van der Waals surface area contributed by atoms with Crippen molar-refractivity contribution in [1.29, 1.82) is 0 Å². The molecule has 3 rings (SSSR count). The van der Waals surface area contributed by atoms with Crippen LogP contribution in [0.5, 0.6) is 0 Å². The first-order valence-electron chi connectivity index (χ1n) is 9.79. The number of nitrogens with zero attached hydrogens (tertiary/aromatic N) is 2. The monoisotopic (exact) mass is 446 g/mol. The van der Waals surface area contributed by atoms with E-state index in [-0.39, 0.29) is 5.39 Å². The first kappa shape index (κ1) is 22.9. The second-order valence-corrected chi connectivity index (χ2v) is 10.3. The molecule has 0 radical (unpaired) electrons. The van der Waals surface area contributed by atoms with Crippen LogP contribution in [0.15, 0.2) is 35.5 Å². The molecule has 0 aliphatic rings. The third-order valence-electron chi connectivity index (χ3n) is 4.77. The van der Waals surface area contributed by atoms with Gasteiger partial charge < -0.3 is 9.72 Å². The second kappa shape index (κ2) is 8.76. The lowest BCUT2D eigenvalue weighted by Gasteiger charge is -2.23. The summed E-state index contributed by atoms with van der Waals surface area (Å²) in [5.41, 5.74) is 1.99. The van der Waals surface area contributed by atoms with E-state index in [0.717, 1.165) is 0 Å². The van der Waals surface area contributed by atoms with Gasteiger partial charge in [0.15, 0.2) is 0 Å². The molecule has 0 spiro atoms. The van der Waals surface area contributed by atoms with Crippen molar-refractivity contribution in [3.8, 4) is 11.3 Å². The zero-order chi connectivity index (χ0) is 22.9. The fourth-order valence-electron chi connectivity index (χ4n) is 3.23. The molecule has 0 fully saturated rings. The van der Waals surface area contributed by atoms with Crippen LogP contribution in [-0.2, 0) is 22.8 Å². The lowest BCUT2D eigenvalue weighted by molar-refractivity contribution is 0.341. The zero-order valence-corrected chi connectivity index (χ0v) is 19.3. The van der Waals surface area contributed by atoms with E-state index in [4.69, 9.17) is 4.74 Å². The van der Waals surface area contributed by atoms with E-state index in [9.17, 15) is 13.4 Å². The van der Waals surface area contributed by atoms with E-state index in [1.807, 2.05) is 20.8 Å². The predicted octanol–water partition coefficient (Wildman–Crippen LogP) is 3.80. The lowest BCUT2D eigenvalue weighted by Crippen LogP contribution is -2.35. The number of nitrogens with one attached hydrogen (secondary N) is 2. The number of aryl methyl sites for hydroxylation is 1. The topological polar surface area (TPSA) is 89.0 Å². The van der Waals surface area contributed by atoms with E-state index in [0.29, 0.717) is 27.9 Å². The molecule has 0 aliphatic carbocycles. The van der Waals surface area contributed by atoms with Crippen molar-refractivity contribution >= 4 is 27.8 Å². The van der Waals surface area contributed by atoms with Crippen molar-refractivity contribution in [3.05, 3.63) is 58.1 Å². The van der Waals surface area contributed by atoms with Crippen LogP contribution < -0.4 is 10.3 Å². The Morgan fingerprint density at radius 1 is 1.29 bits per heavy atom. The summed E-state index contributed by atoms with van der Waals surface area (Å²) in [5, 5.41) is 5.20. The van der Waals surface area contributed by atoms with E-state index in [2.05, 4.69) is 14.8 Å². The summed E-state index contributed by atoms with van der Waals surface area (Å²) in [4.78, 5) is 15.7. The number of hydrogen-bond acceptors (Lipinski definition) is 4. The van der Waals surface area contributed by atoms with Crippen LogP contribution in [-0.4, -0.2) is 30.8 Å². The maximum absolute atomic E-state index is 14.3. The van der Waals surface area contributed by atoms with Gasteiger partial charge in [-0.1, -0.05) is 0 Å². The molecule has 2 heterocycles. The Bertz CT molecular complexity index is 1220. The summed E-state index contributed by atoms with van der Waals surface area (Å²) in [7, 11) is 1.95. The number of aromatic nitrogens is 3. The van der Waals surface area contributed by atoms with Gasteiger partial charge in [0.05, 0.1) is 45.9 Å². The normalized spacial score (nSPS) is 14.3. The number of benzene rings is 1. The van der Waals surface area contributed by atoms with Gasteiger partial charge >= 0.3 is 0 Å². The Hall–Kier alpha value is -2.78. The van der Waals surface area contributed by atoms with Gasteiger partial charge in [-0.2, -0.15) is 5.10 Å². The van der Waals surface area contributed by atoms with E-state index >= 15 is 0 Å². The van der Waals surface area contributed by atoms with E-state index in [1.165, 1.54) is 25.5 Å². The van der Waals surface area contributed by atoms with Gasteiger partial charge in [0.1, 0.15) is 5.82 Å². The molecule has 9 heteroatoms. The van der Waals surface area contributed by atoms with Gasteiger partial charge in [-0.15, -0.1) is 0 Å². The molecule has 0 bridgehead atoms. The predicted molar refractivity (Wildman–Crippen MR) is 122 cm³/mol. The van der Waals surface area contributed by atoms with Crippen molar-refractivity contribution in [2.75, 3.05) is 7.11 Å². The molecule has 31 heavy (non-hydrogen) atoms. The highest BCUT2D eigenvalue weighted by Crippen LogP contribution is 2.29. The fourth-order valence-corrected chi connectivity index (χ4v) is 4.03. The van der Waals surface area contributed by atoms with E-state index < -0.39 is 33.2 Å². The zero-order valence-electron chi connectivity index (χ0n) is 18.4. The van der Waals surface area contributed by atoms with Crippen LogP contribution in [0.3, 0.4) is 0 Å². The molecule has 0 aliphatic heterocycles. The molecular weight excluding hydrogens is 419 g/mol. The van der Waals surface area contributed by atoms with Crippen LogP contribution in [0.4, 0.5) is 4.39 Å². The second-order valence-electron chi connectivity index (χ2n) is 8.33. The number of H-pyrrole nitrogens is 1. The van der Waals surface area contributed by atoms with Crippen LogP contribution in [0.2, 0.25) is 0 Å². The Labute approximate surface area is 182 Å². The van der Waals surface area contributed by atoms with Crippen LogP contribution in [0.25, 0.3) is 28.1 Å². The molecule has 2 atom stereocenters. The minimum atomic E-state index is -1.36. The number of fused-ring (bicyclic) bond motifs is 1. The van der Waals surface area contributed by atoms with Gasteiger partial charge in [-0.05, 0) is 56.8 Å². The van der Waals surface area contributed by atoms with Gasteiger partial charge in [0.25, 0.3) is 5.56 Å². The quantitative estimate of drug-likeness (QED) is 0.564. The number of methoxy groups -OCH3 is 1. The summed E-state index contributed by atoms with van der Waals surface area (Å²) < 4.78 is 36.1. The molecule has 166 valence electrons. The van der Waals surface area contributed by atoms with Gasteiger partial charge in [0, 0.05) is 30.9 Å². The number of halogens is 1. The molecule has 2 N–H and O–H groups in total. The third-order valence-corrected chi connectivity index (χ3v) is 6.45. The standard InChI is InChI=1S/C22H27FN4O3S/c1-13(26-31(29)22(2,3)4)15-9-14(23)10-17-16(15)11-20(24-21(17)28)18-12-27(5)25-19(18)7-8-30-6/h7-13,26H,1-6H3,(H,24,28)/b8-7+/t13-,31-/m1/s1. The summed E-state index contributed by atoms with van der Waals surface area (Å²) >= 11 is 0. The van der Waals surface area contributed by atoms with Crippen molar-refractivity contribution in [3.63, 3.8) is 0 Å². The van der Waals surface area contributed by atoms with Crippen molar-refractivity contribution < 1.29 is 13.3 Å². The molecule has 0 unspecified atom stereocenters. The SMILES string of the molecule is CO/C=C/c1nn(C)cc1-c1cc2c([C@@H](C)N[S@](=O)C(C)(C)C)cc(F)cc2c(=O)[nH]1. The highest BCUT2D eigenvalue weighted by molar-refractivity contribution is 7.84. The number of pyridine rings is 1. The van der Waals surface area contributed by atoms with Gasteiger partial charge in [0.2, 0.25) is 0 Å². The Balaban J connectivity index is 2.19. The average molecular weight is 447 g/mol. The molecule has 1 aromatic carbocycles. The smallest absolute Gasteiger partial charge is 0.256 e. The maximum atomic E-state index is 14.3. The number of ether oxygens (including phenoxy) is 1. The van der Waals surface area contributed by atoms with Crippen molar-refractivity contribution in [2.24, 2.45) is 7.05 Å². The lowest BCUT2D eigenvalue weighted by atomic mass is 9.99. The third kappa shape index (κ3) is 4.94. The molecule has 0 saturated heterocycles. The fraction of sp³-hybridized carbons (Fsp3) is 0.364. The molecule has 3 aromatic rings. The highest BCUT2D eigenvalue weighted by atomic mass is 32.2. The minimum absolute atomic E-state index is 0.229. The van der Waals surface area contributed by atoms with Gasteiger partial charge in [-0.3, -0.25) is 9.48 Å². The Morgan fingerprint density at radius 3 is 2.65 bits per heavy atom. The maximum Gasteiger partial charge on any atom is 0.256 e. The number of aromatic amines is 1. The summed E-state index contributed by atoms with van der Waals surface area (Å²) in [6.45, 7) is 7.36. The van der Waals surface area contributed by atoms with Crippen molar-refractivity contribution in [1.82, 2.24) is 19.5 Å². The Kier molecular flexibility index (Phi) is 6.47. The summed E-state index contributed by atoms with van der Waals surface area (Å²) in [6, 6.07) is 3.93. The first-order chi connectivity index (χ1) is 14.5. The van der Waals surface area contributed by atoms with E-state index in [1.54, 1.807) is 37.0 Å². The molecule has 7 nitrogen and oxygen atoms in total. The van der Waals surface area contributed by atoms with Crippen LogP contribution in [0, 0.1) is 5.82 Å². The summed E-state index contributed by atoms with van der Waals surface area (Å²) in [5.74, 6) is -0.527. The number of hydrogen-bond donors (Lipinski definition) is 2. The molecule has 0 amide bonds. The molecular formula is C22H27FN4O3S.